The van der Waals surface area contributed by atoms with Gasteiger partial charge in [0.15, 0.2) is 11.5 Å². The van der Waals surface area contributed by atoms with Gasteiger partial charge in [-0.05, 0) is 41.9 Å². The third-order valence-corrected chi connectivity index (χ3v) is 4.60. The SMILES string of the molecule is Cc1cc2oc(C(=O)Nc3nonc3-c3ccccc3)c(C)c2cc1Cl. The minimum atomic E-state index is -0.430. The first kappa shape index (κ1) is 16.4. The van der Waals surface area contributed by atoms with Crippen molar-refractivity contribution in [1.29, 1.82) is 0 Å². The summed E-state index contributed by atoms with van der Waals surface area (Å²) in [5.41, 5.74) is 3.43. The van der Waals surface area contributed by atoms with E-state index in [1.54, 1.807) is 6.07 Å². The molecular weight excluding hydrogens is 354 g/mol. The van der Waals surface area contributed by atoms with Crippen molar-refractivity contribution in [2.75, 3.05) is 5.32 Å². The van der Waals surface area contributed by atoms with Crippen molar-refractivity contribution in [3.63, 3.8) is 0 Å². The van der Waals surface area contributed by atoms with E-state index in [0.717, 1.165) is 16.5 Å². The van der Waals surface area contributed by atoms with E-state index < -0.39 is 5.91 Å². The van der Waals surface area contributed by atoms with Crippen molar-refractivity contribution >= 4 is 34.3 Å². The van der Waals surface area contributed by atoms with Crippen LogP contribution in [0.2, 0.25) is 5.02 Å². The zero-order valence-electron chi connectivity index (χ0n) is 14.0. The fraction of sp³-hybridized carbons (Fsp3) is 0.105. The number of anilines is 1. The average molecular weight is 368 g/mol. The van der Waals surface area contributed by atoms with Crippen LogP contribution in [0.3, 0.4) is 0 Å². The molecule has 0 saturated heterocycles. The number of aromatic nitrogens is 2. The second kappa shape index (κ2) is 6.31. The lowest BCUT2D eigenvalue weighted by atomic mass is 10.1. The number of amides is 1. The molecule has 0 aliphatic heterocycles. The van der Waals surface area contributed by atoms with Crippen LogP contribution >= 0.6 is 11.6 Å². The Labute approximate surface area is 153 Å². The summed E-state index contributed by atoms with van der Waals surface area (Å²) in [6, 6.07) is 12.9. The summed E-state index contributed by atoms with van der Waals surface area (Å²) >= 11 is 6.18. The molecule has 0 aliphatic rings. The molecule has 1 N–H and O–H groups in total. The van der Waals surface area contributed by atoms with Gasteiger partial charge in [0.05, 0.1) is 0 Å². The van der Waals surface area contributed by atoms with Crippen LogP contribution in [0.25, 0.3) is 22.2 Å². The maximum atomic E-state index is 12.7. The maximum absolute atomic E-state index is 12.7. The number of hydrogen-bond donors (Lipinski definition) is 1. The molecular formula is C19H14ClN3O3. The van der Waals surface area contributed by atoms with Crippen molar-refractivity contribution in [2.45, 2.75) is 13.8 Å². The molecule has 6 nitrogen and oxygen atoms in total. The zero-order valence-corrected chi connectivity index (χ0v) is 14.8. The highest BCUT2D eigenvalue weighted by Gasteiger charge is 2.22. The third-order valence-electron chi connectivity index (χ3n) is 4.19. The van der Waals surface area contributed by atoms with Crippen molar-refractivity contribution in [3.8, 4) is 11.3 Å². The predicted molar refractivity (Wildman–Crippen MR) is 98.4 cm³/mol. The molecule has 2 heterocycles. The zero-order chi connectivity index (χ0) is 18.3. The molecule has 0 atom stereocenters. The summed E-state index contributed by atoms with van der Waals surface area (Å²) in [6.07, 6.45) is 0. The Morgan fingerprint density at radius 3 is 2.65 bits per heavy atom. The number of nitrogens with one attached hydrogen (secondary N) is 1. The first-order chi connectivity index (χ1) is 12.5. The molecule has 1 amide bonds. The van der Waals surface area contributed by atoms with E-state index in [4.69, 9.17) is 20.6 Å². The summed E-state index contributed by atoms with van der Waals surface area (Å²) in [7, 11) is 0. The third kappa shape index (κ3) is 2.74. The Hall–Kier alpha value is -3.12. The van der Waals surface area contributed by atoms with E-state index in [2.05, 4.69) is 15.6 Å². The van der Waals surface area contributed by atoms with Gasteiger partial charge < -0.3 is 4.42 Å². The molecule has 0 bridgehead atoms. The largest absolute Gasteiger partial charge is 0.451 e. The Morgan fingerprint density at radius 2 is 1.88 bits per heavy atom. The fourth-order valence-corrected chi connectivity index (χ4v) is 2.94. The molecule has 4 rings (SSSR count). The van der Waals surface area contributed by atoms with Gasteiger partial charge in [-0.25, -0.2) is 4.63 Å². The van der Waals surface area contributed by atoms with Crippen molar-refractivity contribution in [3.05, 3.63) is 64.4 Å². The average Bonchev–Trinajstić information content (AvgIpc) is 3.22. The van der Waals surface area contributed by atoms with Gasteiger partial charge in [0.2, 0.25) is 5.82 Å². The Morgan fingerprint density at radius 1 is 1.12 bits per heavy atom. The minimum Gasteiger partial charge on any atom is -0.451 e. The quantitative estimate of drug-likeness (QED) is 0.550. The lowest BCUT2D eigenvalue weighted by Crippen LogP contribution is -2.13. The van der Waals surface area contributed by atoms with E-state index in [1.807, 2.05) is 50.2 Å². The lowest BCUT2D eigenvalue weighted by Gasteiger charge is -2.01. The van der Waals surface area contributed by atoms with Crippen LogP contribution in [0.4, 0.5) is 5.82 Å². The number of benzene rings is 2. The molecule has 7 heteroatoms. The topological polar surface area (TPSA) is 81.2 Å². The molecule has 0 aliphatic carbocycles. The lowest BCUT2D eigenvalue weighted by molar-refractivity contribution is 0.0997. The number of furan rings is 1. The monoisotopic (exact) mass is 367 g/mol. The van der Waals surface area contributed by atoms with Crippen molar-refractivity contribution < 1.29 is 13.8 Å². The van der Waals surface area contributed by atoms with Crippen LogP contribution < -0.4 is 5.32 Å². The Bertz CT molecular complexity index is 1120. The van der Waals surface area contributed by atoms with Crippen LogP contribution in [-0.4, -0.2) is 16.2 Å². The smallest absolute Gasteiger partial charge is 0.292 e. The maximum Gasteiger partial charge on any atom is 0.292 e. The van der Waals surface area contributed by atoms with Gasteiger partial charge in [-0.2, -0.15) is 0 Å². The van der Waals surface area contributed by atoms with Gasteiger partial charge in [0, 0.05) is 21.5 Å². The number of aryl methyl sites for hydroxylation is 2. The number of carbonyl (C=O) groups excluding carboxylic acids is 1. The summed E-state index contributed by atoms with van der Waals surface area (Å²) in [6.45, 7) is 3.69. The molecule has 0 saturated carbocycles. The highest BCUT2D eigenvalue weighted by atomic mass is 35.5. The molecule has 4 aromatic rings. The molecule has 2 aromatic carbocycles. The second-order valence-corrected chi connectivity index (χ2v) is 6.34. The first-order valence-corrected chi connectivity index (χ1v) is 8.31. The summed E-state index contributed by atoms with van der Waals surface area (Å²) in [5.74, 6) is -0.000644. The number of carbonyl (C=O) groups is 1. The molecule has 0 spiro atoms. The van der Waals surface area contributed by atoms with Crippen molar-refractivity contribution in [1.82, 2.24) is 10.3 Å². The molecule has 26 heavy (non-hydrogen) atoms. The van der Waals surface area contributed by atoms with Crippen LogP contribution in [0, 0.1) is 13.8 Å². The van der Waals surface area contributed by atoms with Crippen LogP contribution in [0.15, 0.2) is 51.5 Å². The standard InChI is InChI=1S/C19H14ClN3O3/c1-10-8-15-13(9-14(10)20)11(2)17(25-15)19(24)21-18-16(22-26-23-18)12-6-4-3-5-7-12/h3-9H,1-2H3,(H,21,23,24). The van der Waals surface area contributed by atoms with E-state index in [9.17, 15) is 4.79 Å². The highest BCUT2D eigenvalue weighted by Crippen LogP contribution is 2.31. The molecule has 2 aromatic heterocycles. The summed E-state index contributed by atoms with van der Waals surface area (Å²) in [5, 5.41) is 11.8. The van der Waals surface area contributed by atoms with E-state index >= 15 is 0 Å². The highest BCUT2D eigenvalue weighted by molar-refractivity contribution is 6.32. The second-order valence-electron chi connectivity index (χ2n) is 5.94. The molecule has 0 radical (unpaired) electrons. The summed E-state index contributed by atoms with van der Waals surface area (Å²) < 4.78 is 10.5. The number of hydrogen-bond acceptors (Lipinski definition) is 5. The normalized spacial score (nSPS) is 11.0. The molecule has 130 valence electrons. The predicted octanol–water partition coefficient (Wildman–Crippen LogP) is 5.01. The Balaban J connectivity index is 1.69. The van der Waals surface area contributed by atoms with E-state index in [0.29, 0.717) is 21.9 Å². The fourth-order valence-electron chi connectivity index (χ4n) is 2.78. The minimum absolute atomic E-state index is 0.198. The molecule has 0 unspecified atom stereocenters. The molecule has 0 fully saturated rings. The van der Waals surface area contributed by atoms with Crippen LogP contribution in [-0.2, 0) is 0 Å². The van der Waals surface area contributed by atoms with Gasteiger partial charge in [-0.1, -0.05) is 41.9 Å². The van der Waals surface area contributed by atoms with E-state index in [1.165, 1.54) is 0 Å². The van der Waals surface area contributed by atoms with Gasteiger partial charge >= 0.3 is 0 Å². The Kier molecular flexibility index (Phi) is 3.97. The van der Waals surface area contributed by atoms with Gasteiger partial charge in [-0.15, -0.1) is 0 Å². The number of halogens is 1. The van der Waals surface area contributed by atoms with Crippen LogP contribution in [0.1, 0.15) is 21.7 Å². The number of fused-ring (bicyclic) bond motifs is 1. The first-order valence-electron chi connectivity index (χ1n) is 7.93. The van der Waals surface area contributed by atoms with Gasteiger partial charge in [0.25, 0.3) is 5.91 Å². The van der Waals surface area contributed by atoms with Crippen molar-refractivity contribution in [2.24, 2.45) is 0 Å². The van der Waals surface area contributed by atoms with Gasteiger partial charge in [-0.3, -0.25) is 10.1 Å². The van der Waals surface area contributed by atoms with Crippen LogP contribution in [0.5, 0.6) is 0 Å². The number of nitrogens with zero attached hydrogens (tertiary/aromatic N) is 2. The summed E-state index contributed by atoms with van der Waals surface area (Å²) in [4.78, 5) is 12.7. The number of rotatable bonds is 3. The van der Waals surface area contributed by atoms with E-state index in [-0.39, 0.29) is 11.6 Å². The van der Waals surface area contributed by atoms with Gasteiger partial charge in [0.1, 0.15) is 5.58 Å².